The normalized spacial score (nSPS) is 19.1. The molecule has 1 aromatic carbocycles. The van der Waals surface area contributed by atoms with Crippen molar-refractivity contribution >= 4 is 96.6 Å². The lowest BCUT2D eigenvalue weighted by molar-refractivity contribution is -0.116. The summed E-state index contributed by atoms with van der Waals surface area (Å²) < 4.78 is 187. The number of ketones is 1. The van der Waals surface area contributed by atoms with Crippen LogP contribution >= 0.6 is 0 Å². The Kier molecular flexibility index (Phi) is 51.3. The molecule has 1 aromatic heterocycles. The van der Waals surface area contributed by atoms with Crippen molar-refractivity contribution in [3.05, 3.63) is 133 Å². The van der Waals surface area contributed by atoms with Gasteiger partial charge >= 0.3 is 0 Å². The van der Waals surface area contributed by atoms with Gasteiger partial charge in [-0.15, -0.1) is 0 Å². The predicted molar refractivity (Wildman–Crippen MR) is 461 cm³/mol. The molecule has 0 radical (unpaired) electrons. The number of carbonyl (C=O) groups excluding carboxylic acids is 1. The zero-order valence-corrected chi connectivity index (χ0v) is 76.2. The van der Waals surface area contributed by atoms with E-state index in [2.05, 4.69) is 49.1 Å². The summed E-state index contributed by atoms with van der Waals surface area (Å²) in [4.78, 5) is 25.8. The minimum absolute atomic E-state index is 0.0368. The molecule has 112 heavy (non-hydrogen) atoms. The molecule has 1 saturated carbocycles. The highest BCUT2D eigenvalue weighted by atomic mass is 32.2. The minimum atomic E-state index is -3.13. The molecule has 3 atom stereocenters. The molecule has 7 rings (SSSR count). The molecule has 3 unspecified atom stereocenters. The van der Waals surface area contributed by atoms with Crippen LogP contribution in [0.25, 0.3) is 12.2 Å². The van der Waals surface area contributed by atoms with Crippen LogP contribution < -0.4 is 10.6 Å². The summed E-state index contributed by atoms with van der Waals surface area (Å²) in [5.74, 6) is 0.509. The number of sulfone groups is 8. The first-order chi connectivity index (χ1) is 51.7. The van der Waals surface area contributed by atoms with Gasteiger partial charge in [0.15, 0.2) is 78.7 Å². The number of benzene rings is 1. The van der Waals surface area contributed by atoms with Crippen LogP contribution in [0.1, 0.15) is 175 Å². The summed E-state index contributed by atoms with van der Waals surface area (Å²) in [7, 11) is -24.4. The summed E-state index contributed by atoms with van der Waals surface area (Å²) in [6.45, 7) is 45.9. The molecule has 27 nitrogen and oxygen atoms in total. The number of H-pyrrole nitrogens is 1. The van der Waals surface area contributed by atoms with E-state index in [0.717, 1.165) is 121 Å². The number of Topliss-reactive ketones (excluding diaryl/α,β-unsaturated/α-hetero) is 1. The third kappa shape index (κ3) is 48.7. The fourth-order valence-corrected chi connectivity index (χ4v) is 14.7. The second kappa shape index (κ2) is 53.6. The number of piperazine rings is 2. The van der Waals surface area contributed by atoms with Gasteiger partial charge in [0, 0.05) is 166 Å². The third-order valence-corrected chi connectivity index (χ3v) is 32.3. The number of nitrogens with zero attached hydrogens (tertiary/aromatic N) is 5. The first-order valence-electron chi connectivity index (χ1n) is 38.1. The van der Waals surface area contributed by atoms with Crippen molar-refractivity contribution in [2.45, 2.75) is 224 Å². The molecule has 5 heterocycles. The topological polar surface area (TPSA) is 385 Å². The second-order valence-electron chi connectivity index (χ2n) is 29.8. The van der Waals surface area contributed by atoms with Crippen LogP contribution in [-0.2, 0) is 88.2 Å². The molecule has 5 fully saturated rings. The fourth-order valence-electron chi connectivity index (χ4n) is 9.13. The fraction of sp³-hybridized carbons (Fsp3) is 0.662. The van der Waals surface area contributed by atoms with E-state index in [1.165, 1.54) is 56.9 Å². The number of carbonyl (C=O) groups is 1. The Balaban J connectivity index is 0.00000126. The third-order valence-electron chi connectivity index (χ3n) is 17.3. The van der Waals surface area contributed by atoms with Gasteiger partial charge < -0.3 is 25.5 Å². The lowest BCUT2D eigenvalue weighted by Crippen LogP contribution is -2.54. The Morgan fingerprint density at radius 2 is 0.839 bits per heavy atom. The largest absolute Gasteiger partial charge is 0.392 e. The number of hydrogen-bond donors (Lipinski definition) is 4. The second-order valence-corrected chi connectivity index (χ2v) is 48.9. The summed E-state index contributed by atoms with van der Waals surface area (Å²) in [6, 6.07) is 10.3. The average Bonchev–Trinajstić information content (AvgIpc) is 1.00. The van der Waals surface area contributed by atoms with Gasteiger partial charge in [0.2, 0.25) is 0 Å². The maximum Gasteiger partial charge on any atom is 0.174 e. The van der Waals surface area contributed by atoms with Gasteiger partial charge in [-0.1, -0.05) is 66.3 Å². The molecule has 35 heteroatoms. The standard InChI is InChI=1S/C12H24N2O2S.C11H14O2S.C10H20N2O2S.2C10H19NO3S.C8H12N2O2S.C8H14O3S.C8H14O2S/c1-10(2)17(15,16)7-5-6-14-8-11(3)13-12(4)9-14;1-10(2)14(12,13)9-8-11-6-4-3-5-7-11;1-10(2)15(13,14)9-3-6-12-7-4-11-5-8-12;1-9(2)15(13,14)7-3-5-11-6-4-10(12)8-11;1-10(2)15(12,13)9-3-4-11-5-7-14-8-6-11;1-7(2)13(11,12)6-3-8-9-4-5-10-8;1-7(2)12(10,11)6-4-5-8(3)9;1-7(2)11(9,10)6-8-4-3-5-8/h5,7,10-13H,6,8-9H2,1-4H3;3-10H,1-2H3;3,9-11H,4-8H2,1-2H3;3,7,9-10,12H,4-6,8H2,1-2H3;3,9-10H,4-8H2,1-2H3;3-7H,1-2H3,(H,9,10);4,6-7H,5H2,1-3H3;6-7H,3-5H2,1-2H3/b7-5+;9-8+;9-3+;7-3+;9-3+;6-3+;6-4+;. The Morgan fingerprint density at radius 3 is 1.19 bits per heavy atom. The number of rotatable bonds is 28. The van der Waals surface area contributed by atoms with Crippen LogP contribution in [0.3, 0.4) is 0 Å². The van der Waals surface area contributed by atoms with Crippen molar-refractivity contribution in [3.8, 4) is 0 Å². The van der Waals surface area contributed by atoms with Gasteiger partial charge in [0.25, 0.3) is 0 Å². The number of ether oxygens (including phenoxy) is 1. The molecular weight excluding hydrogens is 1600 g/mol. The van der Waals surface area contributed by atoms with Gasteiger partial charge in [-0.2, -0.15) is 0 Å². The van der Waals surface area contributed by atoms with Crippen molar-refractivity contribution in [3.63, 3.8) is 0 Å². The van der Waals surface area contributed by atoms with Gasteiger partial charge in [-0.3, -0.25) is 24.4 Å². The van der Waals surface area contributed by atoms with Gasteiger partial charge in [0.1, 0.15) is 11.6 Å². The smallest absolute Gasteiger partial charge is 0.174 e. The molecule has 4 aliphatic heterocycles. The van der Waals surface area contributed by atoms with E-state index in [1.54, 1.807) is 154 Å². The van der Waals surface area contributed by atoms with Crippen molar-refractivity contribution in [2.24, 2.45) is 0 Å². The zero-order valence-electron chi connectivity index (χ0n) is 69.7. The zero-order chi connectivity index (χ0) is 85.9. The predicted octanol–water partition coefficient (Wildman–Crippen LogP) is 9.14. The molecular formula is C77H136N8O19S8. The number of β-amino-alcohol motifs (C(OH)–C–C–N with tert-alkyl or cyclic N) is 1. The molecule has 0 spiro atoms. The SMILES string of the molecule is CC(=O)C/C=C/S(=O)(=O)C(C)C.CC(C)S(=O)(=O)/C=C/CN1CCC(O)C1.CC(C)S(=O)(=O)/C=C/CN1CCNCC1.CC(C)S(=O)(=O)/C=C/CN1CCOCC1.CC(C)S(=O)(=O)/C=C/c1ccccc1.CC(C)S(=O)(=O)/C=C/c1ncc[nH]1.CC(C)S(=O)(=O)C=C1CCC1.CC1CN(C/C=C/S(=O)(=O)C(C)C)CC(C)N1. The maximum absolute atomic E-state index is 11.6. The number of imidazole rings is 1. The molecule has 2 aromatic rings. The quantitative estimate of drug-likeness (QED) is 0.0616. The summed E-state index contributed by atoms with van der Waals surface area (Å²) in [6.07, 6.45) is 18.4. The number of likely N-dealkylation sites (tertiary alicyclic amines) is 1. The first kappa shape index (κ1) is 107. The van der Waals surface area contributed by atoms with Crippen molar-refractivity contribution in [1.29, 1.82) is 0 Å². The van der Waals surface area contributed by atoms with E-state index < -0.39 is 89.2 Å². The van der Waals surface area contributed by atoms with Crippen LogP contribution in [0, 0.1) is 0 Å². The molecule has 5 aliphatic rings. The number of morpholine rings is 1. The number of aliphatic hydroxyl groups is 1. The number of nitrogens with one attached hydrogen (secondary N) is 3. The Labute approximate surface area is 675 Å². The highest BCUT2D eigenvalue weighted by molar-refractivity contribution is 7.96. The van der Waals surface area contributed by atoms with Crippen LogP contribution in [0.4, 0.5) is 0 Å². The van der Waals surface area contributed by atoms with E-state index >= 15 is 0 Å². The van der Waals surface area contributed by atoms with E-state index in [-0.39, 0.29) is 49.8 Å². The highest BCUT2D eigenvalue weighted by Gasteiger charge is 2.23. The van der Waals surface area contributed by atoms with Crippen molar-refractivity contribution < 1.29 is 82.0 Å². The van der Waals surface area contributed by atoms with Gasteiger partial charge in [0.05, 0.1) is 61.3 Å². The van der Waals surface area contributed by atoms with E-state index in [0.29, 0.717) is 44.1 Å². The van der Waals surface area contributed by atoms with Gasteiger partial charge in [-0.25, -0.2) is 72.3 Å². The number of aliphatic hydroxyl groups excluding tert-OH is 1. The van der Waals surface area contributed by atoms with Crippen molar-refractivity contribution in [2.75, 3.05) is 105 Å². The molecule has 0 amide bonds. The van der Waals surface area contributed by atoms with Crippen molar-refractivity contribution in [1.82, 2.24) is 40.2 Å². The summed E-state index contributed by atoms with van der Waals surface area (Å²) in [5, 5.41) is 23.5. The molecule has 4 N–H and O–H groups in total. The molecule has 1 aliphatic carbocycles. The number of aromatic nitrogens is 2. The average molecular weight is 1730 g/mol. The van der Waals surface area contributed by atoms with Gasteiger partial charge in [-0.05, 0) is 175 Å². The minimum Gasteiger partial charge on any atom is -0.392 e. The Bertz CT molecular complexity index is 4090. The maximum atomic E-state index is 11.6. The van der Waals surface area contributed by atoms with Crippen LogP contribution in [0.2, 0.25) is 0 Å². The number of aromatic amines is 1. The summed E-state index contributed by atoms with van der Waals surface area (Å²) in [5.41, 5.74) is 2.00. The monoisotopic (exact) mass is 1730 g/mol. The molecule has 646 valence electrons. The van der Waals surface area contributed by atoms with Crippen LogP contribution in [-0.4, -0.2) is 273 Å². The lowest BCUT2D eigenvalue weighted by Gasteiger charge is -2.35. The Hall–Kier alpha value is -4.70. The van der Waals surface area contributed by atoms with E-state index in [9.17, 15) is 77.2 Å². The first-order valence-corrected chi connectivity index (χ1v) is 51.0. The van der Waals surface area contributed by atoms with Crippen LogP contribution in [0.5, 0.6) is 0 Å². The van der Waals surface area contributed by atoms with Crippen LogP contribution in [0.15, 0.2) is 122 Å². The van der Waals surface area contributed by atoms with E-state index in [1.807, 2.05) is 35.2 Å². The Morgan fingerprint density at radius 1 is 0.473 bits per heavy atom. The molecule has 0 bridgehead atoms. The summed E-state index contributed by atoms with van der Waals surface area (Å²) >= 11 is 0. The molecule has 4 saturated heterocycles. The highest BCUT2D eigenvalue weighted by Crippen LogP contribution is 2.27. The number of allylic oxidation sites excluding steroid dienone is 2. The number of hydrogen-bond acceptors (Lipinski definition) is 26. The van der Waals surface area contributed by atoms with E-state index in [4.69, 9.17) is 4.74 Å². The lowest BCUT2D eigenvalue weighted by atomic mass is 9.95.